The van der Waals surface area contributed by atoms with Crippen molar-refractivity contribution in [3.05, 3.63) is 34.9 Å². The van der Waals surface area contributed by atoms with Gasteiger partial charge in [-0.15, -0.1) is 0 Å². The first kappa shape index (κ1) is 10.6. The molecule has 4 heteroatoms. The van der Waals surface area contributed by atoms with Crippen LogP contribution in [0.15, 0.2) is 12.1 Å². The van der Waals surface area contributed by atoms with Gasteiger partial charge in [-0.2, -0.15) is 5.26 Å². The molecule has 0 aromatic heterocycles. The number of hydrogen-bond donors (Lipinski definition) is 1. The molecule has 0 amide bonds. The summed E-state index contributed by atoms with van der Waals surface area (Å²) in [4.78, 5) is 0. The molecule has 0 spiro atoms. The number of rotatable bonds is 2. The number of nitriles is 1. The topological polar surface area (TPSA) is 49.8 Å². The highest BCUT2D eigenvalue weighted by molar-refractivity contribution is 5.31. The Labute approximate surface area is 81.0 Å². The Morgan fingerprint density at radius 2 is 2.14 bits per heavy atom. The van der Waals surface area contributed by atoms with E-state index >= 15 is 0 Å². The van der Waals surface area contributed by atoms with Gasteiger partial charge in [-0.05, 0) is 24.1 Å². The number of nitrogens with zero attached hydrogens (tertiary/aromatic N) is 1. The summed E-state index contributed by atoms with van der Waals surface area (Å²) in [6.45, 7) is 1.52. The van der Waals surface area contributed by atoms with Gasteiger partial charge in [0.2, 0.25) is 0 Å². The summed E-state index contributed by atoms with van der Waals surface area (Å²) < 4.78 is 25.9. The number of benzene rings is 1. The summed E-state index contributed by atoms with van der Waals surface area (Å²) in [5.41, 5.74) is 6.24. The molecule has 74 valence electrons. The van der Waals surface area contributed by atoms with E-state index < -0.39 is 17.7 Å². The van der Waals surface area contributed by atoms with Crippen LogP contribution in [0.25, 0.3) is 0 Å². The van der Waals surface area contributed by atoms with E-state index in [0.29, 0.717) is 11.1 Å². The fraction of sp³-hybridized carbons (Fsp3) is 0.300. The fourth-order valence-electron chi connectivity index (χ4n) is 1.26. The molecule has 1 rings (SSSR count). The summed E-state index contributed by atoms with van der Waals surface area (Å²) in [5, 5.41) is 8.41. The molecule has 0 aliphatic rings. The van der Waals surface area contributed by atoms with E-state index in [-0.39, 0.29) is 6.42 Å². The van der Waals surface area contributed by atoms with Crippen molar-refractivity contribution in [1.29, 1.82) is 5.26 Å². The van der Waals surface area contributed by atoms with Crippen LogP contribution >= 0.6 is 0 Å². The molecule has 1 unspecified atom stereocenters. The highest BCUT2D eigenvalue weighted by Gasteiger charge is 2.13. The van der Waals surface area contributed by atoms with Crippen LogP contribution in [0.4, 0.5) is 8.78 Å². The highest BCUT2D eigenvalue weighted by atomic mass is 19.1. The van der Waals surface area contributed by atoms with Crippen LogP contribution in [0.3, 0.4) is 0 Å². The second kappa shape index (κ2) is 4.16. The zero-order valence-electron chi connectivity index (χ0n) is 7.72. The van der Waals surface area contributed by atoms with Gasteiger partial charge < -0.3 is 5.73 Å². The summed E-state index contributed by atoms with van der Waals surface area (Å²) >= 11 is 0. The first-order valence-electron chi connectivity index (χ1n) is 4.14. The molecule has 0 fully saturated rings. The minimum absolute atomic E-state index is 0.0454. The molecule has 0 bridgehead atoms. The highest BCUT2D eigenvalue weighted by Crippen LogP contribution is 2.21. The van der Waals surface area contributed by atoms with E-state index in [1.54, 1.807) is 0 Å². The van der Waals surface area contributed by atoms with Crippen molar-refractivity contribution >= 4 is 0 Å². The molecule has 0 saturated carbocycles. The van der Waals surface area contributed by atoms with Crippen molar-refractivity contribution in [1.82, 2.24) is 0 Å². The second-order valence-corrected chi connectivity index (χ2v) is 3.07. The Kier molecular flexibility index (Phi) is 3.15. The molecule has 0 saturated heterocycles. The lowest BCUT2D eigenvalue weighted by Crippen LogP contribution is -2.12. The molecular weight excluding hydrogens is 186 g/mol. The lowest BCUT2D eigenvalue weighted by molar-refractivity contribution is 0.566. The van der Waals surface area contributed by atoms with Crippen LogP contribution in [0.2, 0.25) is 0 Å². The molecule has 2 N–H and O–H groups in total. The third-order valence-corrected chi connectivity index (χ3v) is 2.06. The third kappa shape index (κ3) is 2.06. The standard InChI is InChI=1S/C10H10F2N2/c1-6-8(10(14)2-3-13)4-7(11)5-9(6)12/h4-5,10H,2,14H2,1H3. The second-order valence-electron chi connectivity index (χ2n) is 3.07. The van der Waals surface area contributed by atoms with Crippen molar-refractivity contribution in [2.24, 2.45) is 5.73 Å². The molecule has 1 atom stereocenters. The summed E-state index contributed by atoms with van der Waals surface area (Å²) in [6.07, 6.45) is 0.0454. The van der Waals surface area contributed by atoms with Gasteiger partial charge in [-0.3, -0.25) is 0 Å². The van der Waals surface area contributed by atoms with Crippen molar-refractivity contribution in [2.75, 3.05) is 0 Å². The summed E-state index contributed by atoms with van der Waals surface area (Å²) in [5.74, 6) is -1.30. The Morgan fingerprint density at radius 1 is 1.50 bits per heavy atom. The van der Waals surface area contributed by atoms with E-state index in [2.05, 4.69) is 0 Å². The summed E-state index contributed by atoms with van der Waals surface area (Å²) in [7, 11) is 0. The lowest BCUT2D eigenvalue weighted by atomic mass is 9.99. The number of nitrogens with two attached hydrogens (primary N) is 1. The average molecular weight is 196 g/mol. The van der Waals surface area contributed by atoms with E-state index in [0.717, 1.165) is 6.07 Å². The largest absolute Gasteiger partial charge is 0.323 e. The van der Waals surface area contributed by atoms with Crippen molar-refractivity contribution in [3.8, 4) is 6.07 Å². The Morgan fingerprint density at radius 3 is 2.71 bits per heavy atom. The average Bonchev–Trinajstić information content (AvgIpc) is 2.11. The molecule has 1 aromatic rings. The smallest absolute Gasteiger partial charge is 0.129 e. The molecule has 0 aliphatic carbocycles. The van der Waals surface area contributed by atoms with E-state index in [9.17, 15) is 8.78 Å². The van der Waals surface area contributed by atoms with Crippen molar-refractivity contribution in [2.45, 2.75) is 19.4 Å². The zero-order valence-corrected chi connectivity index (χ0v) is 7.72. The van der Waals surface area contributed by atoms with Gasteiger partial charge in [0.1, 0.15) is 11.6 Å². The maximum absolute atomic E-state index is 13.1. The maximum atomic E-state index is 13.1. The molecule has 0 aliphatic heterocycles. The Hall–Kier alpha value is -1.47. The van der Waals surface area contributed by atoms with Gasteiger partial charge in [-0.25, -0.2) is 8.78 Å². The van der Waals surface area contributed by atoms with Gasteiger partial charge >= 0.3 is 0 Å². The molecule has 2 nitrogen and oxygen atoms in total. The van der Waals surface area contributed by atoms with Gasteiger partial charge in [0.15, 0.2) is 0 Å². The Balaban J connectivity index is 3.14. The normalized spacial score (nSPS) is 12.2. The quantitative estimate of drug-likeness (QED) is 0.788. The predicted molar refractivity (Wildman–Crippen MR) is 48.3 cm³/mol. The van der Waals surface area contributed by atoms with Crippen LogP contribution in [-0.4, -0.2) is 0 Å². The number of hydrogen-bond acceptors (Lipinski definition) is 2. The molecule has 0 radical (unpaired) electrons. The van der Waals surface area contributed by atoms with Crippen LogP contribution in [-0.2, 0) is 0 Å². The van der Waals surface area contributed by atoms with Gasteiger partial charge in [0, 0.05) is 12.1 Å². The molecule has 1 aromatic carbocycles. The predicted octanol–water partition coefficient (Wildman–Crippen LogP) is 2.19. The molecular formula is C10H10F2N2. The third-order valence-electron chi connectivity index (χ3n) is 2.06. The first-order chi connectivity index (χ1) is 6.56. The van der Waals surface area contributed by atoms with Crippen molar-refractivity contribution < 1.29 is 8.78 Å². The minimum Gasteiger partial charge on any atom is -0.323 e. The van der Waals surface area contributed by atoms with Crippen LogP contribution < -0.4 is 5.73 Å². The van der Waals surface area contributed by atoms with Gasteiger partial charge in [0.05, 0.1) is 12.5 Å². The van der Waals surface area contributed by atoms with Crippen LogP contribution in [0, 0.1) is 29.9 Å². The van der Waals surface area contributed by atoms with Gasteiger partial charge in [-0.1, -0.05) is 0 Å². The Bertz CT molecular complexity index is 382. The van der Waals surface area contributed by atoms with E-state index in [1.165, 1.54) is 13.0 Å². The minimum atomic E-state index is -0.670. The SMILES string of the molecule is Cc1c(F)cc(F)cc1C(N)CC#N. The first-order valence-corrected chi connectivity index (χ1v) is 4.14. The van der Waals surface area contributed by atoms with Gasteiger partial charge in [0.25, 0.3) is 0 Å². The summed E-state index contributed by atoms with van der Waals surface area (Å²) in [6, 6.07) is 3.20. The molecule has 14 heavy (non-hydrogen) atoms. The fourth-order valence-corrected chi connectivity index (χ4v) is 1.26. The van der Waals surface area contributed by atoms with E-state index in [4.69, 9.17) is 11.0 Å². The zero-order chi connectivity index (χ0) is 10.7. The van der Waals surface area contributed by atoms with Crippen LogP contribution in [0.5, 0.6) is 0 Å². The number of halogens is 2. The molecule has 0 heterocycles. The lowest BCUT2D eigenvalue weighted by Gasteiger charge is -2.12. The van der Waals surface area contributed by atoms with Crippen LogP contribution in [0.1, 0.15) is 23.6 Å². The van der Waals surface area contributed by atoms with Crippen molar-refractivity contribution in [3.63, 3.8) is 0 Å². The van der Waals surface area contributed by atoms with E-state index in [1.807, 2.05) is 6.07 Å². The maximum Gasteiger partial charge on any atom is 0.129 e. The monoisotopic (exact) mass is 196 g/mol.